The number of anilines is 1. The van der Waals surface area contributed by atoms with Crippen molar-refractivity contribution in [2.24, 2.45) is 0 Å². The molecule has 0 atom stereocenters. The molecule has 0 unspecified atom stereocenters. The number of nitro groups is 1. The number of aromatic amines is 1. The van der Waals surface area contributed by atoms with Gasteiger partial charge in [0.05, 0.1) is 17.0 Å². The van der Waals surface area contributed by atoms with Gasteiger partial charge in [0, 0.05) is 28.9 Å². The maximum atomic E-state index is 13.5. The van der Waals surface area contributed by atoms with Crippen molar-refractivity contribution in [2.75, 3.05) is 4.90 Å². The summed E-state index contributed by atoms with van der Waals surface area (Å²) in [4.78, 5) is 41.4. The minimum Gasteiger partial charge on any atom is -0.321 e. The largest absolute Gasteiger partial charge is 0.321 e. The Morgan fingerprint density at radius 3 is 2.36 bits per heavy atom. The van der Waals surface area contributed by atoms with Crippen molar-refractivity contribution < 1.29 is 9.72 Å². The van der Waals surface area contributed by atoms with Gasteiger partial charge in [-0.1, -0.05) is 35.9 Å². The van der Waals surface area contributed by atoms with E-state index in [2.05, 4.69) is 4.98 Å². The molecule has 7 nitrogen and oxygen atoms in total. The minimum atomic E-state index is -0.507. The third-order valence-corrected chi connectivity index (χ3v) is 5.71. The highest BCUT2D eigenvalue weighted by atomic mass is 16.6. The summed E-state index contributed by atoms with van der Waals surface area (Å²) in [6.45, 7) is 5.86. The molecule has 7 heteroatoms. The predicted octanol–water partition coefficient (Wildman–Crippen LogP) is 5.21. The normalized spacial score (nSPS) is 10.9. The van der Waals surface area contributed by atoms with Gasteiger partial charge in [0.25, 0.3) is 17.2 Å². The molecule has 0 aliphatic carbocycles. The first-order valence-electron chi connectivity index (χ1n) is 10.5. The molecule has 4 aromatic rings. The summed E-state index contributed by atoms with van der Waals surface area (Å²) in [6, 6.07) is 18.8. The number of benzene rings is 3. The number of nitro benzene ring substituents is 1. The molecule has 1 amide bonds. The van der Waals surface area contributed by atoms with Crippen molar-refractivity contribution in [3.63, 3.8) is 0 Å². The average molecular weight is 441 g/mol. The quantitative estimate of drug-likeness (QED) is 0.340. The lowest BCUT2D eigenvalue weighted by Crippen LogP contribution is -2.33. The molecule has 0 aliphatic rings. The number of rotatable bonds is 5. The lowest BCUT2D eigenvalue weighted by molar-refractivity contribution is -0.384. The van der Waals surface area contributed by atoms with Crippen molar-refractivity contribution in [2.45, 2.75) is 27.3 Å². The van der Waals surface area contributed by atoms with E-state index in [1.165, 1.54) is 24.3 Å². The number of pyridine rings is 1. The standard InChI is InChI=1S/C26H23N3O4/c1-16-7-12-23(18(3)13-16)28(26(31)19-8-10-22(11-9-19)29(32)33)15-21-14-20-6-4-5-17(2)24(20)27-25(21)30/h4-14H,15H2,1-3H3,(H,27,30). The number of hydrogen-bond acceptors (Lipinski definition) is 4. The molecule has 0 saturated heterocycles. The fourth-order valence-corrected chi connectivity index (χ4v) is 3.97. The predicted molar refractivity (Wildman–Crippen MR) is 129 cm³/mol. The second-order valence-corrected chi connectivity index (χ2v) is 8.15. The lowest BCUT2D eigenvalue weighted by atomic mass is 10.1. The van der Waals surface area contributed by atoms with Gasteiger partial charge in [-0.2, -0.15) is 0 Å². The highest BCUT2D eigenvalue weighted by Crippen LogP contribution is 2.26. The van der Waals surface area contributed by atoms with Gasteiger partial charge in [-0.25, -0.2) is 0 Å². The first-order valence-corrected chi connectivity index (χ1v) is 10.5. The molecule has 0 saturated carbocycles. The fraction of sp³-hybridized carbons (Fsp3) is 0.154. The number of hydrogen-bond donors (Lipinski definition) is 1. The fourth-order valence-electron chi connectivity index (χ4n) is 3.97. The molecule has 0 bridgehead atoms. The van der Waals surface area contributed by atoms with E-state index >= 15 is 0 Å². The molecule has 1 aromatic heterocycles. The molecule has 3 aromatic carbocycles. The molecular weight excluding hydrogens is 418 g/mol. The van der Waals surface area contributed by atoms with E-state index in [-0.39, 0.29) is 23.7 Å². The van der Waals surface area contributed by atoms with Crippen LogP contribution in [0.5, 0.6) is 0 Å². The topological polar surface area (TPSA) is 96.3 Å². The minimum absolute atomic E-state index is 0.0545. The van der Waals surface area contributed by atoms with Gasteiger partial charge >= 0.3 is 0 Å². The van der Waals surface area contributed by atoms with E-state index < -0.39 is 4.92 Å². The highest BCUT2D eigenvalue weighted by molar-refractivity contribution is 6.06. The number of non-ortho nitro benzene ring substituents is 1. The smallest absolute Gasteiger partial charge is 0.269 e. The molecule has 33 heavy (non-hydrogen) atoms. The van der Waals surface area contributed by atoms with Crippen LogP contribution in [-0.2, 0) is 6.54 Å². The summed E-state index contributed by atoms with van der Waals surface area (Å²) < 4.78 is 0. The maximum Gasteiger partial charge on any atom is 0.269 e. The van der Waals surface area contributed by atoms with Crippen LogP contribution in [0, 0.1) is 30.9 Å². The van der Waals surface area contributed by atoms with E-state index in [1.807, 2.05) is 57.2 Å². The number of nitrogens with zero attached hydrogens (tertiary/aromatic N) is 2. The summed E-state index contributed by atoms with van der Waals surface area (Å²) in [7, 11) is 0. The van der Waals surface area contributed by atoms with E-state index in [4.69, 9.17) is 0 Å². The van der Waals surface area contributed by atoms with Gasteiger partial charge < -0.3 is 9.88 Å². The molecule has 0 spiro atoms. The van der Waals surface area contributed by atoms with Gasteiger partial charge in [-0.15, -0.1) is 0 Å². The van der Waals surface area contributed by atoms with Gasteiger partial charge in [0.1, 0.15) is 0 Å². The Labute approximate surface area is 190 Å². The molecule has 166 valence electrons. The zero-order chi connectivity index (χ0) is 23.7. The van der Waals surface area contributed by atoms with Crippen molar-refractivity contribution >= 4 is 28.2 Å². The average Bonchev–Trinajstić information content (AvgIpc) is 2.78. The van der Waals surface area contributed by atoms with Crippen LogP contribution in [0.4, 0.5) is 11.4 Å². The van der Waals surface area contributed by atoms with Crippen LogP contribution in [0.3, 0.4) is 0 Å². The molecule has 1 heterocycles. The number of fused-ring (bicyclic) bond motifs is 1. The summed E-state index contributed by atoms with van der Waals surface area (Å²) in [5.41, 5.74) is 4.74. The highest BCUT2D eigenvalue weighted by Gasteiger charge is 2.22. The second-order valence-electron chi connectivity index (χ2n) is 8.15. The van der Waals surface area contributed by atoms with Crippen molar-refractivity contribution in [3.05, 3.63) is 115 Å². The van der Waals surface area contributed by atoms with Crippen LogP contribution >= 0.6 is 0 Å². The van der Waals surface area contributed by atoms with Crippen LogP contribution in [0.1, 0.15) is 32.6 Å². The molecular formula is C26H23N3O4. The van der Waals surface area contributed by atoms with E-state index in [1.54, 1.807) is 11.0 Å². The Kier molecular flexibility index (Phi) is 5.79. The van der Waals surface area contributed by atoms with Crippen LogP contribution in [0.15, 0.2) is 71.5 Å². The second kappa shape index (κ2) is 8.70. The Morgan fingerprint density at radius 1 is 0.970 bits per heavy atom. The Morgan fingerprint density at radius 2 is 1.70 bits per heavy atom. The zero-order valence-corrected chi connectivity index (χ0v) is 18.6. The summed E-state index contributed by atoms with van der Waals surface area (Å²) in [6.07, 6.45) is 0. The maximum absolute atomic E-state index is 13.5. The summed E-state index contributed by atoms with van der Waals surface area (Å²) in [5, 5.41) is 11.9. The van der Waals surface area contributed by atoms with Crippen molar-refractivity contribution in [1.29, 1.82) is 0 Å². The van der Waals surface area contributed by atoms with Gasteiger partial charge in [-0.05, 0) is 61.5 Å². The molecule has 0 fully saturated rings. The zero-order valence-electron chi connectivity index (χ0n) is 18.6. The first-order chi connectivity index (χ1) is 15.7. The van der Waals surface area contributed by atoms with E-state index in [9.17, 15) is 19.7 Å². The number of carbonyl (C=O) groups excluding carboxylic acids is 1. The van der Waals surface area contributed by atoms with Crippen LogP contribution in [0.2, 0.25) is 0 Å². The lowest BCUT2D eigenvalue weighted by Gasteiger charge is -2.25. The number of carbonyl (C=O) groups is 1. The Balaban J connectivity index is 1.80. The molecule has 1 N–H and O–H groups in total. The van der Waals surface area contributed by atoms with Crippen molar-refractivity contribution in [1.82, 2.24) is 4.98 Å². The number of H-pyrrole nitrogens is 1. The summed E-state index contributed by atoms with van der Waals surface area (Å²) >= 11 is 0. The van der Waals surface area contributed by atoms with Gasteiger partial charge in [0.2, 0.25) is 0 Å². The third kappa shape index (κ3) is 4.39. The Hall–Kier alpha value is -4.26. The number of para-hydroxylation sites is 1. The first kappa shape index (κ1) is 22.0. The van der Waals surface area contributed by atoms with Gasteiger partial charge in [-0.3, -0.25) is 19.7 Å². The number of aryl methyl sites for hydroxylation is 3. The number of amides is 1. The van der Waals surface area contributed by atoms with Crippen LogP contribution in [0.25, 0.3) is 10.9 Å². The van der Waals surface area contributed by atoms with Gasteiger partial charge in [0.15, 0.2) is 0 Å². The molecule has 0 radical (unpaired) electrons. The molecule has 4 rings (SSSR count). The molecule has 0 aliphatic heterocycles. The monoisotopic (exact) mass is 441 g/mol. The van der Waals surface area contributed by atoms with Crippen LogP contribution < -0.4 is 10.5 Å². The van der Waals surface area contributed by atoms with Crippen molar-refractivity contribution in [3.8, 4) is 0 Å². The van der Waals surface area contributed by atoms with E-state index in [0.717, 1.165) is 27.6 Å². The SMILES string of the molecule is Cc1ccc(N(Cc2cc3cccc(C)c3[nH]c2=O)C(=O)c2ccc([N+](=O)[O-])cc2)c(C)c1. The summed E-state index contributed by atoms with van der Waals surface area (Å²) in [5.74, 6) is -0.347. The van der Waals surface area contributed by atoms with E-state index in [0.29, 0.717) is 16.8 Å². The number of aromatic nitrogens is 1. The Bertz CT molecular complexity index is 1440. The van der Waals surface area contributed by atoms with Crippen LogP contribution in [-0.4, -0.2) is 15.8 Å². The third-order valence-electron chi connectivity index (χ3n) is 5.71. The number of nitrogens with one attached hydrogen (secondary N) is 1.